The number of amides is 2. The van der Waals surface area contributed by atoms with Crippen LogP contribution < -0.4 is 20.1 Å². The summed E-state index contributed by atoms with van der Waals surface area (Å²) < 4.78 is 20.5. The maximum Gasteiger partial charge on any atom is 0.338 e. The number of rotatable bonds is 7. The molecule has 10 nitrogen and oxygen atoms in total. The van der Waals surface area contributed by atoms with Crippen LogP contribution in [0.25, 0.3) is 0 Å². The van der Waals surface area contributed by atoms with Crippen molar-refractivity contribution >= 4 is 12.0 Å². The van der Waals surface area contributed by atoms with E-state index in [9.17, 15) is 9.59 Å². The number of hydrogen-bond acceptors (Lipinski definition) is 8. The molecule has 0 saturated heterocycles. The van der Waals surface area contributed by atoms with E-state index >= 15 is 0 Å². The average molecular weight is 352 g/mol. The van der Waals surface area contributed by atoms with Crippen molar-refractivity contribution in [3.05, 3.63) is 23.2 Å². The van der Waals surface area contributed by atoms with Gasteiger partial charge in [0.15, 0.2) is 0 Å². The number of nitrogens with one attached hydrogen (secondary N) is 2. The molecule has 10 heteroatoms. The normalized spacial score (nSPS) is 16.8. The van der Waals surface area contributed by atoms with Gasteiger partial charge in [-0.3, -0.25) is 0 Å². The van der Waals surface area contributed by atoms with Crippen molar-refractivity contribution in [2.45, 2.75) is 13.0 Å². The largest absolute Gasteiger partial charge is 0.481 e. The first-order valence-corrected chi connectivity index (χ1v) is 7.40. The number of allylic oxidation sites excluding steroid dienone is 1. The first-order valence-electron chi connectivity index (χ1n) is 7.40. The first-order chi connectivity index (χ1) is 12.0. The van der Waals surface area contributed by atoms with Gasteiger partial charge in [-0.25, -0.2) is 19.6 Å². The van der Waals surface area contributed by atoms with Crippen LogP contribution in [-0.2, 0) is 14.3 Å². The Labute approximate surface area is 144 Å². The molecule has 2 amide bonds. The van der Waals surface area contributed by atoms with Crippen molar-refractivity contribution in [1.29, 1.82) is 0 Å². The molecule has 0 unspecified atom stereocenters. The Hall–Kier alpha value is -2.88. The van der Waals surface area contributed by atoms with E-state index in [1.54, 1.807) is 6.92 Å². The number of carbonyl (C=O) groups is 2. The van der Waals surface area contributed by atoms with E-state index in [0.29, 0.717) is 11.3 Å². The second-order valence-corrected chi connectivity index (χ2v) is 5.00. The lowest BCUT2D eigenvalue weighted by Gasteiger charge is -2.29. The van der Waals surface area contributed by atoms with E-state index in [0.717, 1.165) is 0 Å². The van der Waals surface area contributed by atoms with Crippen LogP contribution in [0.15, 0.2) is 17.6 Å². The van der Waals surface area contributed by atoms with Gasteiger partial charge in [-0.1, -0.05) is 0 Å². The molecule has 0 radical (unpaired) electrons. The van der Waals surface area contributed by atoms with Crippen LogP contribution in [-0.4, -0.2) is 56.5 Å². The van der Waals surface area contributed by atoms with E-state index in [2.05, 4.69) is 20.6 Å². The molecule has 1 atom stereocenters. The molecule has 0 bridgehead atoms. The SMILES string of the molecule is COCCOC(=O)C1=C(C)NC(=O)N[C@H]1c1c(OC)ncnc1OC. The quantitative estimate of drug-likeness (QED) is 0.531. The van der Waals surface area contributed by atoms with Gasteiger partial charge in [0, 0.05) is 12.8 Å². The molecular weight excluding hydrogens is 332 g/mol. The molecule has 2 N–H and O–H groups in total. The minimum atomic E-state index is -0.894. The van der Waals surface area contributed by atoms with Gasteiger partial charge in [-0.15, -0.1) is 0 Å². The summed E-state index contributed by atoms with van der Waals surface area (Å²) in [4.78, 5) is 32.5. The Kier molecular flexibility index (Phi) is 6.12. The van der Waals surface area contributed by atoms with Gasteiger partial charge in [0.25, 0.3) is 0 Å². The first kappa shape index (κ1) is 18.5. The molecule has 2 rings (SSSR count). The Balaban J connectivity index is 2.48. The zero-order valence-corrected chi connectivity index (χ0v) is 14.4. The third-order valence-corrected chi connectivity index (χ3v) is 3.50. The summed E-state index contributed by atoms with van der Waals surface area (Å²) in [5.41, 5.74) is 0.867. The highest BCUT2D eigenvalue weighted by Crippen LogP contribution is 2.37. The number of ether oxygens (including phenoxy) is 4. The Bertz CT molecular complexity index is 668. The van der Waals surface area contributed by atoms with Gasteiger partial charge < -0.3 is 29.6 Å². The third-order valence-electron chi connectivity index (χ3n) is 3.50. The van der Waals surface area contributed by atoms with Crippen LogP contribution in [0.5, 0.6) is 11.8 Å². The molecule has 0 saturated carbocycles. The van der Waals surface area contributed by atoms with Crippen molar-refractivity contribution in [1.82, 2.24) is 20.6 Å². The molecule has 1 aromatic heterocycles. The predicted molar refractivity (Wildman–Crippen MR) is 85.1 cm³/mol. The zero-order chi connectivity index (χ0) is 18.4. The molecule has 0 spiro atoms. The van der Waals surface area contributed by atoms with Gasteiger partial charge in [-0.05, 0) is 6.92 Å². The topological polar surface area (TPSA) is 121 Å². The van der Waals surface area contributed by atoms with Gasteiger partial charge in [-0.2, -0.15) is 0 Å². The Morgan fingerprint density at radius 3 is 2.36 bits per heavy atom. The summed E-state index contributed by atoms with van der Waals surface area (Å²) in [5.74, 6) is -0.261. The van der Waals surface area contributed by atoms with Gasteiger partial charge in [0.1, 0.15) is 24.5 Å². The maximum atomic E-state index is 12.5. The van der Waals surface area contributed by atoms with Crippen molar-refractivity contribution < 1.29 is 28.5 Å². The maximum absolute atomic E-state index is 12.5. The van der Waals surface area contributed by atoms with Crippen molar-refractivity contribution in [2.24, 2.45) is 0 Å². The van der Waals surface area contributed by atoms with Gasteiger partial charge in [0.05, 0.1) is 26.4 Å². The fourth-order valence-corrected chi connectivity index (χ4v) is 2.41. The van der Waals surface area contributed by atoms with Crippen molar-refractivity contribution in [3.63, 3.8) is 0 Å². The van der Waals surface area contributed by atoms with Crippen molar-refractivity contribution in [2.75, 3.05) is 34.5 Å². The Morgan fingerprint density at radius 1 is 1.16 bits per heavy atom. The zero-order valence-electron chi connectivity index (χ0n) is 14.4. The molecule has 0 fully saturated rings. The monoisotopic (exact) mass is 352 g/mol. The number of aromatic nitrogens is 2. The molecule has 2 heterocycles. The fraction of sp³-hybridized carbons (Fsp3) is 0.467. The second-order valence-electron chi connectivity index (χ2n) is 5.00. The van der Waals surface area contributed by atoms with Gasteiger partial charge in [0.2, 0.25) is 11.8 Å². The lowest BCUT2D eigenvalue weighted by atomic mass is 9.96. The molecular formula is C15H20N4O6. The van der Waals surface area contributed by atoms with E-state index in [-0.39, 0.29) is 30.5 Å². The molecule has 1 aromatic rings. The number of urea groups is 1. The predicted octanol–water partition coefficient (Wildman–Crippen LogP) is 0.311. The minimum Gasteiger partial charge on any atom is -0.481 e. The molecule has 0 aliphatic carbocycles. The highest BCUT2D eigenvalue weighted by atomic mass is 16.6. The summed E-state index contributed by atoms with van der Waals surface area (Å²) in [6.45, 7) is 1.93. The van der Waals surface area contributed by atoms with Crippen LogP contribution in [0.2, 0.25) is 0 Å². The second kappa shape index (κ2) is 8.29. The fourth-order valence-electron chi connectivity index (χ4n) is 2.41. The third kappa shape index (κ3) is 3.97. The van der Waals surface area contributed by atoms with Crippen LogP contribution in [0.1, 0.15) is 18.5 Å². The van der Waals surface area contributed by atoms with E-state index < -0.39 is 18.0 Å². The summed E-state index contributed by atoms with van der Waals surface area (Å²) in [5, 5.41) is 5.20. The van der Waals surface area contributed by atoms with E-state index in [1.165, 1.54) is 27.7 Å². The Morgan fingerprint density at radius 2 is 1.80 bits per heavy atom. The number of carbonyl (C=O) groups excluding carboxylic acids is 2. The lowest BCUT2D eigenvalue weighted by molar-refractivity contribution is -0.140. The van der Waals surface area contributed by atoms with Crippen LogP contribution in [0.3, 0.4) is 0 Å². The number of nitrogens with zero attached hydrogens (tertiary/aromatic N) is 2. The van der Waals surface area contributed by atoms with Crippen LogP contribution >= 0.6 is 0 Å². The highest BCUT2D eigenvalue weighted by molar-refractivity contribution is 5.95. The smallest absolute Gasteiger partial charge is 0.338 e. The van der Waals surface area contributed by atoms with Crippen molar-refractivity contribution in [3.8, 4) is 11.8 Å². The molecule has 1 aliphatic rings. The summed E-state index contributed by atoms with van der Waals surface area (Å²) >= 11 is 0. The van der Waals surface area contributed by atoms with Crippen LogP contribution in [0, 0.1) is 0 Å². The van der Waals surface area contributed by atoms with Gasteiger partial charge >= 0.3 is 12.0 Å². The molecule has 0 aromatic carbocycles. The number of hydrogen-bond donors (Lipinski definition) is 2. The highest BCUT2D eigenvalue weighted by Gasteiger charge is 2.37. The summed E-state index contributed by atoms with van der Waals surface area (Å²) in [6, 6.07) is -1.38. The summed E-state index contributed by atoms with van der Waals surface area (Å²) in [6.07, 6.45) is 1.26. The molecule has 136 valence electrons. The molecule has 1 aliphatic heterocycles. The standard InChI is InChI=1S/C15H20N4O6/c1-8-9(14(20)25-6-5-22-2)11(19-15(21)18-8)10-12(23-3)16-7-17-13(10)24-4/h7,11H,5-6H2,1-4H3,(H2,18,19,21)/t11-/m1/s1. The van der Waals surface area contributed by atoms with E-state index in [4.69, 9.17) is 18.9 Å². The van der Waals surface area contributed by atoms with E-state index in [1.807, 2.05) is 0 Å². The number of methoxy groups -OCH3 is 3. The lowest BCUT2D eigenvalue weighted by Crippen LogP contribution is -2.45. The molecule has 25 heavy (non-hydrogen) atoms. The average Bonchev–Trinajstić information content (AvgIpc) is 2.60. The number of esters is 1. The van der Waals surface area contributed by atoms with Crippen LogP contribution in [0.4, 0.5) is 4.79 Å². The minimum absolute atomic E-state index is 0.0757. The summed E-state index contributed by atoms with van der Waals surface area (Å²) in [7, 11) is 4.34.